The highest BCUT2D eigenvalue weighted by Crippen LogP contribution is 2.42. The molecule has 0 bridgehead atoms. The quantitative estimate of drug-likeness (QED) is 0.687. The van der Waals surface area contributed by atoms with E-state index in [2.05, 4.69) is 11.1 Å². The van der Waals surface area contributed by atoms with E-state index >= 15 is 0 Å². The fraction of sp³-hybridized carbons (Fsp3) is 0.273. The standard InChI is InChI=1S/C22H19FN4O2/c23-15-2-1-13-3-5-27(20(13)7-15)22-14(10-24)11-26-19-9-21(18(25)8-17(19)22)29-16-4-6-28-12-16/h1-2,7-9,11,16H,3-6,12,25H2. The van der Waals surface area contributed by atoms with Gasteiger partial charge in [-0.25, -0.2) is 4.39 Å². The number of halogens is 1. The molecule has 2 aliphatic heterocycles. The number of nitriles is 1. The highest BCUT2D eigenvalue weighted by atomic mass is 19.1. The van der Waals surface area contributed by atoms with E-state index < -0.39 is 0 Å². The van der Waals surface area contributed by atoms with Crippen LogP contribution >= 0.6 is 0 Å². The topological polar surface area (TPSA) is 84.4 Å². The maximum Gasteiger partial charge on any atom is 0.144 e. The van der Waals surface area contributed by atoms with Gasteiger partial charge in [0.25, 0.3) is 0 Å². The van der Waals surface area contributed by atoms with Gasteiger partial charge in [-0.05, 0) is 30.2 Å². The Balaban J connectivity index is 1.64. The van der Waals surface area contributed by atoms with Crippen molar-refractivity contribution in [3.8, 4) is 11.8 Å². The van der Waals surface area contributed by atoms with Gasteiger partial charge in [0, 0.05) is 36.3 Å². The summed E-state index contributed by atoms with van der Waals surface area (Å²) in [6, 6.07) is 10.6. The van der Waals surface area contributed by atoms with Crippen LogP contribution in [0.5, 0.6) is 5.75 Å². The molecule has 0 aliphatic carbocycles. The van der Waals surface area contributed by atoms with Crippen molar-refractivity contribution in [2.45, 2.75) is 18.9 Å². The zero-order valence-electron chi connectivity index (χ0n) is 15.7. The Morgan fingerprint density at radius 3 is 3.00 bits per heavy atom. The third-order valence-electron chi connectivity index (χ3n) is 5.49. The molecule has 5 rings (SSSR count). The Hall–Kier alpha value is -3.37. The Morgan fingerprint density at radius 1 is 1.31 bits per heavy atom. The summed E-state index contributed by atoms with van der Waals surface area (Å²) in [4.78, 5) is 6.42. The second kappa shape index (κ2) is 6.90. The molecule has 0 saturated carbocycles. The molecule has 146 valence electrons. The van der Waals surface area contributed by atoms with Gasteiger partial charge in [0.05, 0.1) is 35.7 Å². The first kappa shape index (κ1) is 17.7. The van der Waals surface area contributed by atoms with Crippen LogP contribution in [-0.4, -0.2) is 30.8 Å². The summed E-state index contributed by atoms with van der Waals surface area (Å²) in [5, 5.41) is 10.4. The molecule has 7 heteroatoms. The van der Waals surface area contributed by atoms with E-state index in [9.17, 15) is 9.65 Å². The summed E-state index contributed by atoms with van der Waals surface area (Å²) in [6.07, 6.45) is 3.12. The lowest BCUT2D eigenvalue weighted by Gasteiger charge is -2.23. The van der Waals surface area contributed by atoms with Crippen molar-refractivity contribution in [1.29, 1.82) is 5.26 Å². The average Bonchev–Trinajstić information content (AvgIpc) is 3.37. The van der Waals surface area contributed by atoms with Crippen LogP contribution in [0.1, 0.15) is 17.5 Å². The molecule has 2 N–H and O–H groups in total. The molecular weight excluding hydrogens is 371 g/mol. The number of benzene rings is 2. The molecule has 0 radical (unpaired) electrons. The van der Waals surface area contributed by atoms with Crippen molar-refractivity contribution in [2.24, 2.45) is 0 Å². The first-order valence-corrected chi connectivity index (χ1v) is 9.57. The Bertz CT molecular complexity index is 1150. The van der Waals surface area contributed by atoms with Gasteiger partial charge in [-0.1, -0.05) is 6.07 Å². The number of nitrogen functional groups attached to an aromatic ring is 1. The average molecular weight is 390 g/mol. The van der Waals surface area contributed by atoms with E-state index in [-0.39, 0.29) is 11.9 Å². The van der Waals surface area contributed by atoms with Gasteiger partial charge in [-0.2, -0.15) is 5.26 Å². The van der Waals surface area contributed by atoms with Gasteiger partial charge >= 0.3 is 0 Å². The number of aromatic nitrogens is 1. The van der Waals surface area contributed by atoms with Crippen LogP contribution in [0.15, 0.2) is 36.5 Å². The number of nitrogens with two attached hydrogens (primary N) is 1. The minimum Gasteiger partial charge on any atom is -0.486 e. The molecule has 6 nitrogen and oxygen atoms in total. The number of hydrogen-bond acceptors (Lipinski definition) is 6. The van der Waals surface area contributed by atoms with Gasteiger partial charge in [0.2, 0.25) is 0 Å². The lowest BCUT2D eigenvalue weighted by atomic mass is 10.1. The van der Waals surface area contributed by atoms with Crippen molar-refractivity contribution < 1.29 is 13.9 Å². The molecular formula is C22H19FN4O2. The highest BCUT2D eigenvalue weighted by Gasteiger charge is 2.26. The summed E-state index contributed by atoms with van der Waals surface area (Å²) in [7, 11) is 0. The highest BCUT2D eigenvalue weighted by molar-refractivity contribution is 6.00. The van der Waals surface area contributed by atoms with Gasteiger partial charge in [0.1, 0.15) is 23.7 Å². The molecule has 2 aromatic carbocycles. The van der Waals surface area contributed by atoms with Crippen molar-refractivity contribution >= 4 is 28.0 Å². The summed E-state index contributed by atoms with van der Waals surface area (Å²) in [5.41, 5.74) is 10.4. The minimum atomic E-state index is -0.304. The Kier molecular flexibility index (Phi) is 4.22. The van der Waals surface area contributed by atoms with Crippen molar-refractivity contribution in [2.75, 3.05) is 30.4 Å². The fourth-order valence-corrected chi connectivity index (χ4v) is 4.07. The van der Waals surface area contributed by atoms with Crippen LogP contribution in [0.2, 0.25) is 0 Å². The number of anilines is 3. The largest absolute Gasteiger partial charge is 0.486 e. The molecule has 1 atom stereocenters. The summed E-state index contributed by atoms with van der Waals surface area (Å²) < 4.78 is 25.3. The number of nitrogens with zero attached hydrogens (tertiary/aromatic N) is 3. The maximum atomic E-state index is 13.9. The predicted octanol–water partition coefficient (Wildman–Crippen LogP) is 3.69. The van der Waals surface area contributed by atoms with E-state index in [0.717, 1.165) is 29.5 Å². The van der Waals surface area contributed by atoms with E-state index in [1.807, 2.05) is 4.90 Å². The van der Waals surface area contributed by atoms with Gasteiger partial charge in [-0.15, -0.1) is 0 Å². The van der Waals surface area contributed by atoms with Crippen LogP contribution in [0.4, 0.5) is 21.5 Å². The van der Waals surface area contributed by atoms with Gasteiger partial charge < -0.3 is 20.1 Å². The lowest BCUT2D eigenvalue weighted by Crippen LogP contribution is -2.17. The van der Waals surface area contributed by atoms with Crippen molar-refractivity contribution in [3.63, 3.8) is 0 Å². The lowest BCUT2D eigenvalue weighted by molar-refractivity contribution is 0.142. The van der Waals surface area contributed by atoms with Crippen molar-refractivity contribution in [3.05, 3.63) is 53.5 Å². The summed E-state index contributed by atoms with van der Waals surface area (Å²) in [6.45, 7) is 1.88. The monoisotopic (exact) mass is 390 g/mol. The first-order chi connectivity index (χ1) is 14.1. The molecule has 29 heavy (non-hydrogen) atoms. The number of fused-ring (bicyclic) bond motifs is 2. The van der Waals surface area contributed by atoms with Crippen LogP contribution in [-0.2, 0) is 11.2 Å². The summed E-state index contributed by atoms with van der Waals surface area (Å²) >= 11 is 0. The second-order valence-corrected chi connectivity index (χ2v) is 7.32. The third kappa shape index (κ3) is 3.02. The maximum absolute atomic E-state index is 13.9. The van der Waals surface area contributed by atoms with Crippen LogP contribution in [0, 0.1) is 17.1 Å². The summed E-state index contributed by atoms with van der Waals surface area (Å²) in [5.74, 6) is 0.255. The Morgan fingerprint density at radius 2 is 2.21 bits per heavy atom. The first-order valence-electron chi connectivity index (χ1n) is 9.57. The SMILES string of the molecule is N#Cc1cnc2cc(OC3CCOC3)c(N)cc2c1N1CCc2ccc(F)cc21. The molecule has 1 unspecified atom stereocenters. The smallest absolute Gasteiger partial charge is 0.144 e. The van der Waals surface area contributed by atoms with Crippen LogP contribution in [0.25, 0.3) is 10.9 Å². The van der Waals surface area contributed by atoms with E-state index in [1.54, 1.807) is 24.4 Å². The van der Waals surface area contributed by atoms with Crippen LogP contribution < -0.4 is 15.4 Å². The minimum absolute atomic E-state index is 0.0268. The molecule has 2 aliphatic rings. The number of rotatable bonds is 3. The van der Waals surface area contributed by atoms with E-state index in [0.29, 0.717) is 48.0 Å². The van der Waals surface area contributed by atoms with E-state index in [1.165, 1.54) is 12.1 Å². The third-order valence-corrected chi connectivity index (χ3v) is 5.49. The zero-order chi connectivity index (χ0) is 20.0. The normalized spacial score (nSPS) is 18.1. The zero-order valence-corrected chi connectivity index (χ0v) is 15.7. The molecule has 3 heterocycles. The van der Waals surface area contributed by atoms with Crippen molar-refractivity contribution in [1.82, 2.24) is 4.98 Å². The molecule has 0 amide bonds. The predicted molar refractivity (Wildman–Crippen MR) is 108 cm³/mol. The number of hydrogen-bond donors (Lipinski definition) is 1. The number of pyridine rings is 1. The molecule has 1 saturated heterocycles. The molecule has 1 aromatic heterocycles. The van der Waals surface area contributed by atoms with Crippen LogP contribution in [0.3, 0.4) is 0 Å². The van der Waals surface area contributed by atoms with Gasteiger partial charge in [0.15, 0.2) is 0 Å². The molecule has 3 aromatic rings. The Labute approximate surface area is 167 Å². The second-order valence-electron chi connectivity index (χ2n) is 7.32. The van der Waals surface area contributed by atoms with E-state index in [4.69, 9.17) is 15.2 Å². The fourth-order valence-electron chi connectivity index (χ4n) is 4.07. The molecule has 0 spiro atoms. The van der Waals surface area contributed by atoms with Gasteiger partial charge in [-0.3, -0.25) is 4.98 Å². The number of ether oxygens (including phenoxy) is 2. The molecule has 1 fully saturated rings.